The van der Waals surface area contributed by atoms with Crippen LogP contribution in [0.2, 0.25) is 0 Å². The van der Waals surface area contributed by atoms with Crippen LogP contribution in [0.1, 0.15) is 21.1 Å². The molecule has 0 amide bonds. The molecule has 1 heteroatoms. The number of ether oxygens (including phenoxy) is 1. The van der Waals surface area contributed by atoms with Gasteiger partial charge in [-0.15, -0.1) is 0 Å². The lowest BCUT2D eigenvalue weighted by Gasteiger charge is -1.94. The van der Waals surface area contributed by atoms with E-state index in [4.69, 9.17) is 6.11 Å². The lowest BCUT2D eigenvalue weighted by Crippen LogP contribution is -1.94. The molecule has 1 saturated heterocycles. The van der Waals surface area contributed by atoms with Gasteiger partial charge in [-0.1, -0.05) is 0 Å². The Labute approximate surface area is 39.7 Å². The van der Waals surface area contributed by atoms with Crippen molar-refractivity contribution >= 4 is 0 Å². The van der Waals surface area contributed by atoms with Crippen LogP contribution in [0.3, 0.4) is 0 Å². The molecule has 0 aromatic heterocycles. The van der Waals surface area contributed by atoms with E-state index in [1.54, 1.807) is 0 Å². The van der Waals surface area contributed by atoms with Gasteiger partial charge in [0.25, 0.3) is 0 Å². The van der Waals surface area contributed by atoms with Crippen LogP contribution < -0.4 is 0 Å². The quantitative estimate of drug-likeness (QED) is 0.431. The van der Waals surface area contributed by atoms with Crippen molar-refractivity contribution in [3.8, 4) is 0 Å². The Morgan fingerprint density at radius 1 is 2.00 bits per heavy atom. The van der Waals surface area contributed by atoms with Crippen LogP contribution >= 0.6 is 0 Å². The molecule has 0 aromatic carbocycles. The Morgan fingerprint density at radius 3 is 3.00 bits per heavy atom. The van der Waals surface area contributed by atoms with Crippen molar-refractivity contribution in [2.45, 2.75) is 25.9 Å². The van der Waals surface area contributed by atoms with E-state index in [2.05, 4.69) is 0 Å². The van der Waals surface area contributed by atoms with Crippen molar-refractivity contribution in [2.24, 2.45) is 0 Å². The third-order valence-corrected chi connectivity index (χ3v) is 1.02. The molecular formula is C5H10O. The first-order valence-corrected chi connectivity index (χ1v) is 2.37. The molecule has 0 aromatic rings. The van der Waals surface area contributed by atoms with Gasteiger partial charge in [0.2, 0.25) is 0 Å². The van der Waals surface area contributed by atoms with Gasteiger partial charge in [-0.25, -0.2) is 0 Å². The van der Waals surface area contributed by atoms with E-state index in [9.17, 15) is 0 Å². The fourth-order valence-corrected chi connectivity index (χ4v) is 0.603. The maximum absolute atomic E-state index is 7.04. The molecule has 0 spiro atoms. The predicted molar refractivity (Wildman–Crippen MR) is 24.6 cm³/mol. The summed E-state index contributed by atoms with van der Waals surface area (Å²) in [5.41, 5.74) is 0. The predicted octanol–water partition coefficient (Wildman–Crippen LogP) is 1.19. The molecule has 1 aliphatic rings. The number of rotatable bonds is 0. The van der Waals surface area contributed by atoms with Gasteiger partial charge < -0.3 is 4.74 Å². The molecule has 1 fully saturated rings. The van der Waals surface area contributed by atoms with Crippen LogP contribution in [-0.4, -0.2) is 12.7 Å². The van der Waals surface area contributed by atoms with Gasteiger partial charge in [-0.2, -0.15) is 0 Å². The van der Waals surface area contributed by atoms with Crippen LogP contribution in [0.25, 0.3) is 0 Å². The summed E-state index contributed by atoms with van der Waals surface area (Å²) in [5.74, 6) is 0. The first-order chi connectivity index (χ1) is 3.29. The van der Waals surface area contributed by atoms with E-state index >= 15 is 0 Å². The highest BCUT2D eigenvalue weighted by Gasteiger charge is 2.07. The average Bonchev–Trinajstić information content (AvgIpc) is 1.87. The molecule has 0 bridgehead atoms. The number of hydrogen-bond donors (Lipinski definition) is 0. The summed E-state index contributed by atoms with van der Waals surface area (Å²) in [5, 5.41) is 0. The largest absolute Gasteiger partial charge is 0.379 e. The van der Waals surface area contributed by atoms with Crippen LogP contribution in [-0.2, 0) is 4.74 Å². The fraction of sp³-hybridized carbons (Fsp3) is 1.00. The van der Waals surface area contributed by atoms with Gasteiger partial charge in [-0.3, -0.25) is 0 Å². The van der Waals surface area contributed by atoms with Crippen molar-refractivity contribution in [2.75, 3.05) is 6.58 Å². The van der Waals surface area contributed by atoms with E-state index in [-0.39, 0.29) is 6.58 Å². The van der Waals surface area contributed by atoms with Gasteiger partial charge in [0.05, 0.1) is 7.47 Å². The highest BCUT2D eigenvalue weighted by atomic mass is 16.5. The number of hydrogen-bond acceptors (Lipinski definition) is 1. The van der Waals surface area contributed by atoms with Crippen molar-refractivity contribution in [3.05, 3.63) is 0 Å². The Balaban J connectivity index is 2.26. The summed E-state index contributed by atoms with van der Waals surface area (Å²) < 4.78 is 12.1. The molecule has 1 aliphatic heterocycles. The molecule has 6 heavy (non-hydrogen) atoms. The topological polar surface area (TPSA) is 9.23 Å². The summed E-state index contributed by atoms with van der Waals surface area (Å²) in [6.45, 7) is 1.78. The zero-order valence-corrected chi connectivity index (χ0v) is 3.98. The van der Waals surface area contributed by atoms with Crippen LogP contribution in [0, 0.1) is 0 Å². The van der Waals surface area contributed by atoms with Crippen molar-refractivity contribution < 1.29 is 6.11 Å². The molecule has 1 rings (SSSR count). The van der Waals surface area contributed by atoms with Gasteiger partial charge in [0, 0.05) is 6.58 Å². The first-order valence-electron chi connectivity index (χ1n) is 2.94. The molecule has 0 saturated carbocycles. The summed E-state index contributed by atoms with van der Waals surface area (Å²) in [6, 6.07) is 0. The van der Waals surface area contributed by atoms with Gasteiger partial charge >= 0.3 is 0 Å². The molecule has 0 aliphatic carbocycles. The lowest BCUT2D eigenvalue weighted by molar-refractivity contribution is 0.125. The third-order valence-electron chi connectivity index (χ3n) is 1.02. The molecule has 0 radical (unpaired) electrons. The van der Waals surface area contributed by atoms with Gasteiger partial charge in [0.15, 0.2) is 0 Å². The maximum atomic E-state index is 7.04. The van der Waals surface area contributed by atoms with E-state index in [1.807, 2.05) is 6.92 Å². The minimum Gasteiger partial charge on any atom is -0.379 e. The molecular weight excluding hydrogens is 76.1 g/mol. The van der Waals surface area contributed by atoms with E-state index in [0.29, 0.717) is 6.10 Å². The lowest BCUT2D eigenvalue weighted by atomic mass is 10.3. The Hall–Kier alpha value is -0.0400. The summed E-state index contributed by atoms with van der Waals surface area (Å²) in [4.78, 5) is 0. The standard InChI is InChI=1S/C5H10O/c1-5-3-2-4-6-5/h5H,2-4H2,1H3/i4D. The summed E-state index contributed by atoms with van der Waals surface area (Å²) in [7, 11) is 0. The molecule has 0 N–H and O–H groups in total. The van der Waals surface area contributed by atoms with E-state index in [1.165, 1.54) is 0 Å². The second kappa shape index (κ2) is 1.61. The van der Waals surface area contributed by atoms with E-state index < -0.39 is 0 Å². The van der Waals surface area contributed by atoms with Crippen LogP contribution in [0.5, 0.6) is 0 Å². The Bertz CT molecular complexity index is 57.1. The summed E-state index contributed by atoms with van der Waals surface area (Å²) in [6.07, 6.45) is 2.32. The smallest absolute Gasteiger partial charge is 0.0567 e. The zero-order valence-electron chi connectivity index (χ0n) is 4.98. The van der Waals surface area contributed by atoms with Crippen LogP contribution in [0.15, 0.2) is 0 Å². The fourth-order valence-electron chi connectivity index (χ4n) is 0.603. The first kappa shape index (κ1) is 3.03. The normalized spacial score (nSPS) is 49.2. The average molecular weight is 87.1 g/mol. The molecule has 2 unspecified atom stereocenters. The Morgan fingerprint density at radius 2 is 2.83 bits per heavy atom. The van der Waals surface area contributed by atoms with Crippen molar-refractivity contribution in [3.63, 3.8) is 0 Å². The molecule has 1 nitrogen and oxygen atoms in total. The van der Waals surface area contributed by atoms with Crippen molar-refractivity contribution in [1.82, 2.24) is 0 Å². The molecule has 36 valence electrons. The van der Waals surface area contributed by atoms with Gasteiger partial charge in [-0.05, 0) is 19.8 Å². The molecule has 2 atom stereocenters. The van der Waals surface area contributed by atoms with Crippen LogP contribution in [0.4, 0.5) is 0 Å². The highest BCUT2D eigenvalue weighted by Crippen LogP contribution is 2.09. The minimum absolute atomic E-state index is 0.227. The minimum atomic E-state index is -0.227. The zero-order chi connectivity index (χ0) is 5.28. The Kier molecular flexibility index (Phi) is 0.810. The van der Waals surface area contributed by atoms with Crippen molar-refractivity contribution in [1.29, 1.82) is 0 Å². The monoisotopic (exact) mass is 87.1 g/mol. The molecule has 1 heterocycles. The second-order valence-electron chi connectivity index (χ2n) is 1.69. The SMILES string of the molecule is [2H]C1CCC(C)O1. The summed E-state index contributed by atoms with van der Waals surface area (Å²) >= 11 is 0. The maximum Gasteiger partial charge on any atom is 0.0567 e. The second-order valence-corrected chi connectivity index (χ2v) is 1.69. The highest BCUT2D eigenvalue weighted by molar-refractivity contribution is 4.56. The van der Waals surface area contributed by atoms with E-state index in [0.717, 1.165) is 12.8 Å². The van der Waals surface area contributed by atoms with Gasteiger partial charge in [0.1, 0.15) is 0 Å². The third kappa shape index (κ3) is 0.716.